The molecule has 1 aromatic heterocycles. The van der Waals surface area contributed by atoms with Crippen LogP contribution in [0, 0.1) is 0 Å². The minimum atomic E-state index is -4.33. The first-order valence-electron chi connectivity index (χ1n) is 5.34. The summed E-state index contributed by atoms with van der Waals surface area (Å²) in [6.45, 7) is 0.137. The molecule has 0 N–H and O–H groups in total. The number of aromatic nitrogens is 1. The highest BCUT2D eigenvalue weighted by molar-refractivity contribution is 5.71. The van der Waals surface area contributed by atoms with Gasteiger partial charge in [0.05, 0.1) is 5.56 Å². The second kappa shape index (κ2) is 3.73. The van der Waals surface area contributed by atoms with Crippen LogP contribution >= 0.6 is 0 Å². The average molecular weight is 251 g/mol. The zero-order valence-electron chi connectivity index (χ0n) is 9.16. The van der Waals surface area contributed by atoms with Crippen molar-refractivity contribution in [2.45, 2.75) is 12.8 Å². The number of benzene rings is 1. The van der Waals surface area contributed by atoms with Gasteiger partial charge in [-0.25, -0.2) is 0 Å². The van der Waals surface area contributed by atoms with E-state index in [4.69, 9.17) is 4.74 Å². The van der Waals surface area contributed by atoms with Crippen molar-refractivity contribution in [3.8, 4) is 17.0 Å². The van der Waals surface area contributed by atoms with Crippen LogP contribution in [0.3, 0.4) is 0 Å². The monoisotopic (exact) mass is 251 g/mol. The van der Waals surface area contributed by atoms with Crippen LogP contribution in [0.1, 0.15) is 11.1 Å². The highest BCUT2D eigenvalue weighted by Crippen LogP contribution is 2.38. The van der Waals surface area contributed by atoms with E-state index >= 15 is 0 Å². The number of rotatable bonds is 0. The normalized spacial score (nSPS) is 13.5. The zero-order chi connectivity index (χ0) is 12.8. The third-order valence-corrected chi connectivity index (χ3v) is 2.84. The van der Waals surface area contributed by atoms with Gasteiger partial charge >= 0.3 is 6.18 Å². The summed E-state index contributed by atoms with van der Waals surface area (Å²) in [5.41, 5.74) is 1.14. The fourth-order valence-corrected chi connectivity index (χ4v) is 1.99. The third-order valence-electron chi connectivity index (χ3n) is 2.84. The largest absolute Gasteiger partial charge is 0.487 e. The molecule has 18 heavy (non-hydrogen) atoms. The molecular weight excluding hydrogens is 243 g/mol. The minimum Gasteiger partial charge on any atom is -0.487 e. The average Bonchev–Trinajstić information content (AvgIpc) is 2.37. The molecular formula is C13H8F3NO. The lowest BCUT2D eigenvalue weighted by molar-refractivity contribution is -0.137. The molecule has 0 amide bonds. The summed E-state index contributed by atoms with van der Waals surface area (Å²) in [6, 6.07) is 7.12. The molecule has 0 aliphatic carbocycles. The maximum atomic E-state index is 12.6. The number of hydrogen-bond donors (Lipinski definition) is 0. The smallest absolute Gasteiger partial charge is 0.416 e. The number of hydrogen-bond acceptors (Lipinski definition) is 2. The van der Waals surface area contributed by atoms with Crippen LogP contribution in [-0.4, -0.2) is 4.98 Å². The first-order chi connectivity index (χ1) is 8.55. The first-order valence-corrected chi connectivity index (χ1v) is 5.34. The van der Waals surface area contributed by atoms with E-state index < -0.39 is 11.7 Å². The molecule has 0 radical (unpaired) electrons. The Kier molecular flexibility index (Phi) is 2.29. The van der Waals surface area contributed by atoms with Crippen LogP contribution in [0.5, 0.6) is 5.75 Å². The molecule has 1 aliphatic rings. The van der Waals surface area contributed by atoms with Crippen molar-refractivity contribution in [2.75, 3.05) is 0 Å². The number of nitrogens with zero attached hydrogens (tertiary/aromatic N) is 1. The van der Waals surface area contributed by atoms with Crippen molar-refractivity contribution in [3.05, 3.63) is 47.7 Å². The Morgan fingerprint density at radius 1 is 1.17 bits per heavy atom. The highest BCUT2D eigenvalue weighted by Gasteiger charge is 2.32. The van der Waals surface area contributed by atoms with E-state index in [9.17, 15) is 13.2 Å². The molecule has 0 saturated carbocycles. The molecule has 0 atom stereocenters. The molecule has 2 aromatic rings. The van der Waals surface area contributed by atoms with E-state index in [-0.39, 0.29) is 6.61 Å². The molecule has 2 nitrogen and oxygen atoms in total. The standard InChI is InChI=1S/C13H8F3NO/c14-13(15,16)9-3-4-10-8(6-9)7-18-11-2-1-5-17-12(10)11/h1-6H,7H2. The Bertz CT molecular complexity index is 607. The van der Waals surface area contributed by atoms with Gasteiger partial charge in [0.15, 0.2) is 0 Å². The summed E-state index contributed by atoms with van der Waals surface area (Å²) in [7, 11) is 0. The Hall–Kier alpha value is -2.04. The Balaban J connectivity index is 2.14. The van der Waals surface area contributed by atoms with Crippen LogP contribution in [0.15, 0.2) is 36.5 Å². The topological polar surface area (TPSA) is 22.1 Å². The predicted octanol–water partition coefficient (Wildman–Crippen LogP) is 3.66. The van der Waals surface area contributed by atoms with Crippen molar-refractivity contribution in [1.82, 2.24) is 4.98 Å². The number of pyridine rings is 1. The molecule has 2 heterocycles. The zero-order valence-corrected chi connectivity index (χ0v) is 9.16. The van der Waals surface area contributed by atoms with Crippen LogP contribution in [0.25, 0.3) is 11.3 Å². The molecule has 0 saturated heterocycles. The summed E-state index contributed by atoms with van der Waals surface area (Å²) < 4.78 is 43.2. The highest BCUT2D eigenvalue weighted by atomic mass is 19.4. The number of halogens is 3. The summed E-state index contributed by atoms with van der Waals surface area (Å²) in [5, 5.41) is 0. The summed E-state index contributed by atoms with van der Waals surface area (Å²) in [6.07, 6.45) is -2.74. The van der Waals surface area contributed by atoms with E-state index in [1.165, 1.54) is 6.07 Å². The molecule has 0 bridgehead atoms. The SMILES string of the molecule is FC(F)(F)c1ccc2c(c1)COc1cccnc1-2. The van der Waals surface area contributed by atoms with E-state index in [2.05, 4.69) is 4.98 Å². The molecule has 1 aliphatic heterocycles. The second-order valence-corrected chi connectivity index (χ2v) is 4.01. The molecule has 0 spiro atoms. The fraction of sp³-hybridized carbons (Fsp3) is 0.154. The lowest BCUT2D eigenvalue weighted by Crippen LogP contribution is -2.10. The van der Waals surface area contributed by atoms with Gasteiger partial charge in [-0.3, -0.25) is 4.98 Å². The fourth-order valence-electron chi connectivity index (χ4n) is 1.99. The molecule has 1 aromatic carbocycles. The maximum absolute atomic E-state index is 12.6. The van der Waals surface area contributed by atoms with Gasteiger partial charge in [-0.15, -0.1) is 0 Å². The summed E-state index contributed by atoms with van der Waals surface area (Å²) in [5.74, 6) is 0.602. The number of fused-ring (bicyclic) bond motifs is 3. The van der Waals surface area contributed by atoms with Crippen LogP contribution in [-0.2, 0) is 12.8 Å². The lowest BCUT2D eigenvalue weighted by Gasteiger charge is -2.20. The van der Waals surface area contributed by atoms with E-state index in [1.807, 2.05) is 0 Å². The predicted molar refractivity (Wildman–Crippen MR) is 59.0 cm³/mol. The minimum absolute atomic E-state index is 0.137. The summed E-state index contributed by atoms with van der Waals surface area (Å²) in [4.78, 5) is 4.15. The van der Waals surface area contributed by atoms with Gasteiger partial charge in [-0.2, -0.15) is 13.2 Å². The van der Waals surface area contributed by atoms with Gasteiger partial charge in [0.1, 0.15) is 18.1 Å². The van der Waals surface area contributed by atoms with E-state index in [1.54, 1.807) is 18.3 Å². The molecule has 92 valence electrons. The van der Waals surface area contributed by atoms with Crippen LogP contribution < -0.4 is 4.74 Å². The number of ether oxygens (including phenoxy) is 1. The Morgan fingerprint density at radius 2 is 2.00 bits per heavy atom. The molecule has 5 heteroatoms. The Labute approximate surface area is 101 Å². The van der Waals surface area contributed by atoms with E-state index in [0.29, 0.717) is 22.6 Å². The van der Waals surface area contributed by atoms with Crippen molar-refractivity contribution >= 4 is 0 Å². The van der Waals surface area contributed by atoms with E-state index in [0.717, 1.165) is 12.1 Å². The first kappa shape index (κ1) is 11.1. The van der Waals surface area contributed by atoms with Gasteiger partial charge in [-0.1, -0.05) is 6.07 Å². The quantitative estimate of drug-likeness (QED) is 0.712. The van der Waals surface area contributed by atoms with Crippen molar-refractivity contribution in [1.29, 1.82) is 0 Å². The Morgan fingerprint density at radius 3 is 2.78 bits per heavy atom. The van der Waals surface area contributed by atoms with Gasteiger partial charge in [-0.05, 0) is 29.8 Å². The molecule has 0 unspecified atom stereocenters. The van der Waals surface area contributed by atoms with Crippen molar-refractivity contribution < 1.29 is 17.9 Å². The van der Waals surface area contributed by atoms with Crippen LogP contribution in [0.4, 0.5) is 13.2 Å². The van der Waals surface area contributed by atoms with Crippen molar-refractivity contribution in [2.24, 2.45) is 0 Å². The molecule has 3 rings (SSSR count). The number of alkyl halides is 3. The maximum Gasteiger partial charge on any atom is 0.416 e. The van der Waals surface area contributed by atoms with Gasteiger partial charge < -0.3 is 4.74 Å². The third kappa shape index (κ3) is 1.72. The second-order valence-electron chi connectivity index (χ2n) is 4.01. The van der Waals surface area contributed by atoms with Gasteiger partial charge in [0.2, 0.25) is 0 Å². The summed E-state index contributed by atoms with van der Waals surface area (Å²) >= 11 is 0. The van der Waals surface area contributed by atoms with Crippen LogP contribution in [0.2, 0.25) is 0 Å². The van der Waals surface area contributed by atoms with Gasteiger partial charge in [0.25, 0.3) is 0 Å². The molecule has 0 fully saturated rings. The lowest BCUT2D eigenvalue weighted by atomic mass is 9.99. The van der Waals surface area contributed by atoms with Gasteiger partial charge in [0, 0.05) is 11.8 Å². The van der Waals surface area contributed by atoms with Crippen molar-refractivity contribution in [3.63, 3.8) is 0 Å².